The number of hydrogen-bond donors (Lipinski definition) is 1. The van der Waals surface area contributed by atoms with Crippen LogP contribution in [0.4, 0.5) is 10.5 Å². The number of allylic oxidation sites excluding steroid dienone is 1. The highest BCUT2D eigenvalue weighted by Crippen LogP contribution is 2.35. The number of carbonyl (C=O) groups excluding carboxylic acids is 2. The maximum Gasteiger partial charge on any atom is 0.338 e. The number of carbonyl (C=O) groups is 2. The van der Waals surface area contributed by atoms with Crippen molar-refractivity contribution in [2.24, 2.45) is 0 Å². The Morgan fingerprint density at radius 1 is 1.20 bits per heavy atom. The van der Waals surface area contributed by atoms with Gasteiger partial charge in [0.15, 0.2) is 0 Å². The molecule has 25 heavy (non-hydrogen) atoms. The molecular weight excluding hydrogens is 340 g/mol. The zero-order chi connectivity index (χ0) is 18.0. The van der Waals surface area contributed by atoms with E-state index in [0.29, 0.717) is 22.7 Å². The zero-order valence-electron chi connectivity index (χ0n) is 14.1. The van der Waals surface area contributed by atoms with Gasteiger partial charge in [-0.3, -0.25) is 4.90 Å². The van der Waals surface area contributed by atoms with Crippen LogP contribution in [0.1, 0.15) is 17.8 Å². The first-order valence-electron chi connectivity index (χ1n) is 7.64. The second-order valence-electron chi connectivity index (χ2n) is 5.42. The standard InChI is InChI=1S/C18H18N2O4S/c1-11-15(17(21)24-3)16(14-5-4-10-25-14)19-18(22)20(11)12-6-8-13(23-2)9-7-12/h4-10,16H,1-3H3,(H,19,22). The van der Waals surface area contributed by atoms with Crippen LogP contribution in [-0.4, -0.2) is 26.2 Å². The molecule has 0 aliphatic carbocycles. The predicted molar refractivity (Wildman–Crippen MR) is 95.8 cm³/mol. The Bertz CT molecular complexity index is 812. The minimum atomic E-state index is -0.519. The lowest BCUT2D eigenvalue weighted by Gasteiger charge is -2.34. The van der Waals surface area contributed by atoms with E-state index in [0.717, 1.165) is 4.88 Å². The van der Waals surface area contributed by atoms with Crippen LogP contribution in [0, 0.1) is 0 Å². The highest BCUT2D eigenvalue weighted by atomic mass is 32.1. The molecule has 2 aromatic rings. The lowest BCUT2D eigenvalue weighted by atomic mass is 10.00. The SMILES string of the molecule is COC(=O)C1=C(C)N(c2ccc(OC)cc2)C(=O)NC1c1cccs1. The van der Waals surface area contributed by atoms with Gasteiger partial charge in [-0.25, -0.2) is 9.59 Å². The maximum atomic E-state index is 12.7. The number of anilines is 1. The number of urea groups is 1. The van der Waals surface area contributed by atoms with E-state index in [1.165, 1.54) is 23.3 Å². The molecule has 1 aromatic heterocycles. The summed E-state index contributed by atoms with van der Waals surface area (Å²) >= 11 is 1.48. The van der Waals surface area contributed by atoms with Crippen molar-refractivity contribution in [1.29, 1.82) is 0 Å². The molecular formula is C18H18N2O4S. The number of ether oxygens (including phenoxy) is 2. The molecule has 2 amide bonds. The average molecular weight is 358 g/mol. The van der Waals surface area contributed by atoms with Crippen LogP contribution < -0.4 is 15.0 Å². The number of hydrogen-bond acceptors (Lipinski definition) is 5. The van der Waals surface area contributed by atoms with Gasteiger partial charge >= 0.3 is 12.0 Å². The molecule has 1 aromatic carbocycles. The highest BCUT2D eigenvalue weighted by Gasteiger charge is 2.37. The van der Waals surface area contributed by atoms with Gasteiger partial charge in [0.1, 0.15) is 5.75 Å². The van der Waals surface area contributed by atoms with E-state index in [9.17, 15) is 9.59 Å². The van der Waals surface area contributed by atoms with E-state index in [4.69, 9.17) is 9.47 Å². The van der Waals surface area contributed by atoms with Crippen molar-refractivity contribution in [3.63, 3.8) is 0 Å². The number of thiophene rings is 1. The summed E-state index contributed by atoms with van der Waals surface area (Å²) in [7, 11) is 2.91. The third-order valence-corrected chi connectivity index (χ3v) is 4.99. The normalized spacial score (nSPS) is 17.3. The topological polar surface area (TPSA) is 67.9 Å². The fourth-order valence-electron chi connectivity index (χ4n) is 2.83. The van der Waals surface area contributed by atoms with Crippen LogP contribution in [0.2, 0.25) is 0 Å². The number of esters is 1. The second kappa shape index (κ2) is 6.98. The molecule has 2 heterocycles. The van der Waals surface area contributed by atoms with Gasteiger partial charge in [-0.1, -0.05) is 6.07 Å². The van der Waals surface area contributed by atoms with Crippen molar-refractivity contribution < 1.29 is 19.1 Å². The maximum absolute atomic E-state index is 12.7. The third kappa shape index (κ3) is 3.10. The van der Waals surface area contributed by atoms with Crippen molar-refractivity contribution in [2.45, 2.75) is 13.0 Å². The highest BCUT2D eigenvalue weighted by molar-refractivity contribution is 7.10. The summed E-state index contributed by atoms with van der Waals surface area (Å²) in [6.07, 6.45) is 0. The van der Waals surface area contributed by atoms with Gasteiger partial charge in [-0.05, 0) is 42.6 Å². The Balaban J connectivity index is 2.08. The number of benzene rings is 1. The molecule has 3 rings (SSSR count). The van der Waals surface area contributed by atoms with Gasteiger partial charge in [0, 0.05) is 10.6 Å². The van der Waals surface area contributed by atoms with Crippen LogP contribution in [0.3, 0.4) is 0 Å². The molecule has 1 N–H and O–H groups in total. The lowest BCUT2D eigenvalue weighted by Crippen LogP contribution is -2.48. The van der Waals surface area contributed by atoms with Crippen molar-refractivity contribution >= 4 is 29.0 Å². The van der Waals surface area contributed by atoms with E-state index in [-0.39, 0.29) is 6.03 Å². The molecule has 0 radical (unpaired) electrons. The number of nitrogens with zero attached hydrogens (tertiary/aromatic N) is 1. The molecule has 0 saturated carbocycles. The summed E-state index contributed by atoms with van der Waals surface area (Å²) in [6.45, 7) is 1.75. The Hall–Kier alpha value is -2.80. The van der Waals surface area contributed by atoms with Crippen molar-refractivity contribution in [3.05, 3.63) is 57.9 Å². The van der Waals surface area contributed by atoms with E-state index in [1.54, 1.807) is 38.3 Å². The Morgan fingerprint density at radius 3 is 2.48 bits per heavy atom. The number of rotatable bonds is 4. The minimum Gasteiger partial charge on any atom is -0.497 e. The van der Waals surface area contributed by atoms with E-state index in [2.05, 4.69) is 5.32 Å². The van der Waals surface area contributed by atoms with Gasteiger partial charge < -0.3 is 14.8 Å². The average Bonchev–Trinajstić information content (AvgIpc) is 3.16. The van der Waals surface area contributed by atoms with Crippen LogP contribution >= 0.6 is 11.3 Å². The fraction of sp³-hybridized carbons (Fsp3) is 0.222. The minimum absolute atomic E-state index is 0.297. The molecule has 1 aliphatic heterocycles. The number of nitrogens with one attached hydrogen (secondary N) is 1. The van der Waals surface area contributed by atoms with Gasteiger partial charge in [0.2, 0.25) is 0 Å². The Morgan fingerprint density at radius 2 is 1.92 bits per heavy atom. The molecule has 1 unspecified atom stereocenters. The molecule has 0 spiro atoms. The van der Waals surface area contributed by atoms with Crippen molar-refractivity contribution in [2.75, 3.05) is 19.1 Å². The summed E-state index contributed by atoms with van der Waals surface area (Å²) in [5.74, 6) is 0.224. The number of amides is 2. The zero-order valence-corrected chi connectivity index (χ0v) is 14.9. The Kier molecular flexibility index (Phi) is 4.76. The first kappa shape index (κ1) is 17.0. The Labute approximate surface area is 149 Å². The molecule has 7 heteroatoms. The van der Waals surface area contributed by atoms with Crippen molar-refractivity contribution in [1.82, 2.24) is 5.32 Å². The summed E-state index contributed by atoms with van der Waals surface area (Å²) in [4.78, 5) is 27.5. The molecule has 0 saturated heterocycles. The number of methoxy groups -OCH3 is 2. The molecule has 6 nitrogen and oxygen atoms in total. The van der Waals surface area contributed by atoms with Crippen LogP contribution in [0.5, 0.6) is 5.75 Å². The predicted octanol–water partition coefficient (Wildman–Crippen LogP) is 3.47. The van der Waals surface area contributed by atoms with Crippen LogP contribution in [0.25, 0.3) is 0 Å². The van der Waals surface area contributed by atoms with Gasteiger partial charge in [0.05, 0.1) is 31.5 Å². The van der Waals surface area contributed by atoms with Gasteiger partial charge in [-0.15, -0.1) is 11.3 Å². The molecule has 130 valence electrons. The largest absolute Gasteiger partial charge is 0.497 e. The molecule has 0 fully saturated rings. The van der Waals surface area contributed by atoms with E-state index in [1.807, 2.05) is 17.5 Å². The molecule has 0 bridgehead atoms. The molecule has 1 atom stereocenters. The lowest BCUT2D eigenvalue weighted by molar-refractivity contribution is -0.136. The van der Waals surface area contributed by atoms with Crippen LogP contribution in [0.15, 0.2) is 53.0 Å². The van der Waals surface area contributed by atoms with E-state index < -0.39 is 12.0 Å². The monoisotopic (exact) mass is 358 g/mol. The van der Waals surface area contributed by atoms with Crippen molar-refractivity contribution in [3.8, 4) is 5.75 Å². The summed E-state index contributed by atoms with van der Waals surface area (Å²) < 4.78 is 10.1. The van der Waals surface area contributed by atoms with Crippen LogP contribution in [-0.2, 0) is 9.53 Å². The smallest absolute Gasteiger partial charge is 0.338 e. The molecule has 1 aliphatic rings. The second-order valence-corrected chi connectivity index (χ2v) is 6.40. The summed E-state index contributed by atoms with van der Waals surface area (Å²) in [5, 5.41) is 4.80. The fourth-order valence-corrected chi connectivity index (χ4v) is 3.61. The first-order valence-corrected chi connectivity index (χ1v) is 8.52. The van der Waals surface area contributed by atoms with Gasteiger partial charge in [-0.2, -0.15) is 0 Å². The summed E-state index contributed by atoms with van der Waals surface area (Å²) in [5.41, 5.74) is 1.60. The third-order valence-electron chi connectivity index (χ3n) is 4.05. The summed E-state index contributed by atoms with van der Waals surface area (Å²) in [6, 6.07) is 10.0. The van der Waals surface area contributed by atoms with Gasteiger partial charge in [0.25, 0.3) is 0 Å². The van der Waals surface area contributed by atoms with E-state index >= 15 is 0 Å². The quantitative estimate of drug-likeness (QED) is 0.850. The first-order chi connectivity index (χ1) is 12.1.